The Kier molecular flexibility index (Phi) is 6.71. The Bertz CT molecular complexity index is 462. The molecule has 1 aliphatic rings. The van der Waals surface area contributed by atoms with Gasteiger partial charge < -0.3 is 20.5 Å². The van der Waals surface area contributed by atoms with Gasteiger partial charge in [-0.3, -0.25) is 0 Å². The number of hydrogen-bond acceptors (Lipinski definition) is 6. The molecule has 1 saturated carbocycles. The number of nitrogen functional groups attached to an aromatic ring is 1. The molecule has 1 aromatic heterocycles. The van der Waals surface area contributed by atoms with Gasteiger partial charge in [-0.25, -0.2) is 4.98 Å². The van der Waals surface area contributed by atoms with Crippen molar-refractivity contribution in [3.8, 4) is 5.88 Å². The molecule has 1 aliphatic carbocycles. The standard InChI is InChI=1S/C16H28N4O2/c1-3-4-10-22-16-14(17)15(19-13(20-16)11-21-2)18-12-8-6-5-7-9-12/h12H,3-11,17H2,1-2H3,(H,18,19,20). The zero-order chi connectivity index (χ0) is 15.8. The van der Waals surface area contributed by atoms with E-state index in [1.165, 1.54) is 19.3 Å². The summed E-state index contributed by atoms with van der Waals surface area (Å²) in [4.78, 5) is 8.86. The fraction of sp³-hybridized carbons (Fsp3) is 0.750. The molecule has 124 valence electrons. The molecule has 6 heteroatoms. The van der Waals surface area contributed by atoms with Crippen molar-refractivity contribution in [1.29, 1.82) is 0 Å². The van der Waals surface area contributed by atoms with E-state index in [0.717, 1.165) is 25.7 Å². The van der Waals surface area contributed by atoms with Gasteiger partial charge in [-0.1, -0.05) is 32.6 Å². The van der Waals surface area contributed by atoms with Crippen LogP contribution in [-0.2, 0) is 11.3 Å². The van der Waals surface area contributed by atoms with Gasteiger partial charge in [-0.15, -0.1) is 0 Å². The van der Waals surface area contributed by atoms with Crippen LogP contribution in [0.5, 0.6) is 5.88 Å². The molecular weight excluding hydrogens is 280 g/mol. The maximum Gasteiger partial charge on any atom is 0.242 e. The van der Waals surface area contributed by atoms with Crippen LogP contribution in [0.25, 0.3) is 0 Å². The predicted molar refractivity (Wildman–Crippen MR) is 88.1 cm³/mol. The Morgan fingerprint density at radius 3 is 2.68 bits per heavy atom. The third-order valence-electron chi connectivity index (χ3n) is 3.91. The Morgan fingerprint density at radius 1 is 1.23 bits per heavy atom. The highest BCUT2D eigenvalue weighted by Crippen LogP contribution is 2.29. The quantitative estimate of drug-likeness (QED) is 0.718. The number of ether oxygens (including phenoxy) is 2. The maximum absolute atomic E-state index is 6.19. The fourth-order valence-electron chi connectivity index (χ4n) is 2.66. The van der Waals surface area contributed by atoms with E-state index in [1.54, 1.807) is 7.11 Å². The van der Waals surface area contributed by atoms with Crippen LogP contribution < -0.4 is 15.8 Å². The number of methoxy groups -OCH3 is 1. The highest BCUT2D eigenvalue weighted by Gasteiger charge is 2.18. The van der Waals surface area contributed by atoms with E-state index in [-0.39, 0.29) is 0 Å². The lowest BCUT2D eigenvalue weighted by Crippen LogP contribution is -2.24. The van der Waals surface area contributed by atoms with Gasteiger partial charge in [0.25, 0.3) is 0 Å². The van der Waals surface area contributed by atoms with Crippen LogP contribution >= 0.6 is 0 Å². The molecule has 0 spiro atoms. The van der Waals surface area contributed by atoms with Crippen molar-refractivity contribution in [3.05, 3.63) is 5.82 Å². The topological polar surface area (TPSA) is 82.3 Å². The van der Waals surface area contributed by atoms with Gasteiger partial charge in [0.1, 0.15) is 12.3 Å². The second kappa shape index (κ2) is 8.78. The third-order valence-corrected chi connectivity index (χ3v) is 3.91. The molecule has 2 rings (SSSR count). The number of anilines is 2. The number of nitrogens with two attached hydrogens (primary N) is 1. The monoisotopic (exact) mass is 308 g/mol. The highest BCUT2D eigenvalue weighted by atomic mass is 16.5. The summed E-state index contributed by atoms with van der Waals surface area (Å²) in [5.41, 5.74) is 6.70. The Balaban J connectivity index is 2.14. The van der Waals surface area contributed by atoms with E-state index in [4.69, 9.17) is 15.2 Å². The minimum atomic E-state index is 0.351. The lowest BCUT2D eigenvalue weighted by atomic mass is 9.95. The van der Waals surface area contributed by atoms with Crippen molar-refractivity contribution in [3.63, 3.8) is 0 Å². The van der Waals surface area contributed by atoms with E-state index >= 15 is 0 Å². The molecular formula is C16H28N4O2. The van der Waals surface area contributed by atoms with Gasteiger partial charge in [0.15, 0.2) is 11.6 Å². The van der Waals surface area contributed by atoms with Crippen LogP contribution in [0, 0.1) is 0 Å². The Morgan fingerprint density at radius 2 is 2.00 bits per heavy atom. The molecule has 6 nitrogen and oxygen atoms in total. The number of nitrogens with zero attached hydrogens (tertiary/aromatic N) is 2. The predicted octanol–water partition coefficient (Wildman–Crippen LogP) is 3.13. The van der Waals surface area contributed by atoms with Crippen LogP contribution in [0.3, 0.4) is 0 Å². The van der Waals surface area contributed by atoms with E-state index in [9.17, 15) is 0 Å². The first-order valence-electron chi connectivity index (χ1n) is 8.29. The number of rotatable bonds is 8. The Labute approximate surface area is 132 Å². The summed E-state index contributed by atoms with van der Waals surface area (Å²) in [6.45, 7) is 3.09. The summed E-state index contributed by atoms with van der Waals surface area (Å²) in [6, 6.07) is 0.435. The fourth-order valence-corrected chi connectivity index (χ4v) is 2.66. The molecule has 0 saturated heterocycles. The number of hydrogen-bond donors (Lipinski definition) is 2. The minimum absolute atomic E-state index is 0.351. The first-order valence-corrected chi connectivity index (χ1v) is 8.29. The maximum atomic E-state index is 6.19. The summed E-state index contributed by atoms with van der Waals surface area (Å²) in [5, 5.41) is 3.47. The van der Waals surface area contributed by atoms with Crippen molar-refractivity contribution in [1.82, 2.24) is 9.97 Å². The second-order valence-corrected chi connectivity index (χ2v) is 5.82. The van der Waals surface area contributed by atoms with Crippen LogP contribution in [0.1, 0.15) is 57.7 Å². The van der Waals surface area contributed by atoms with Gasteiger partial charge in [-0.05, 0) is 19.3 Å². The molecule has 0 bridgehead atoms. The molecule has 0 unspecified atom stereocenters. The normalized spacial score (nSPS) is 15.7. The lowest BCUT2D eigenvalue weighted by Gasteiger charge is -2.24. The van der Waals surface area contributed by atoms with E-state index in [2.05, 4.69) is 22.2 Å². The zero-order valence-electron chi connectivity index (χ0n) is 13.7. The van der Waals surface area contributed by atoms with Gasteiger partial charge in [-0.2, -0.15) is 4.98 Å². The van der Waals surface area contributed by atoms with Crippen LogP contribution in [-0.4, -0.2) is 29.7 Å². The van der Waals surface area contributed by atoms with E-state index < -0.39 is 0 Å². The largest absolute Gasteiger partial charge is 0.476 e. The number of nitrogens with one attached hydrogen (secondary N) is 1. The van der Waals surface area contributed by atoms with Crippen molar-refractivity contribution >= 4 is 11.5 Å². The van der Waals surface area contributed by atoms with Crippen LogP contribution in [0.15, 0.2) is 0 Å². The van der Waals surface area contributed by atoms with E-state index in [0.29, 0.717) is 42.5 Å². The first-order chi connectivity index (χ1) is 10.7. The molecule has 0 radical (unpaired) electrons. The highest BCUT2D eigenvalue weighted by molar-refractivity contribution is 5.67. The summed E-state index contributed by atoms with van der Waals surface area (Å²) in [5.74, 6) is 1.75. The van der Waals surface area contributed by atoms with Crippen LogP contribution in [0.4, 0.5) is 11.5 Å². The SMILES string of the molecule is CCCCOc1nc(COC)nc(NC2CCCCC2)c1N. The van der Waals surface area contributed by atoms with Gasteiger partial charge in [0, 0.05) is 13.2 Å². The summed E-state index contributed by atoms with van der Waals surface area (Å²) in [6.07, 6.45) is 8.21. The van der Waals surface area contributed by atoms with E-state index in [1.807, 2.05) is 0 Å². The Hall–Kier alpha value is -1.56. The molecule has 0 atom stereocenters. The average molecular weight is 308 g/mol. The van der Waals surface area contributed by atoms with Gasteiger partial charge >= 0.3 is 0 Å². The molecule has 0 aliphatic heterocycles. The summed E-state index contributed by atoms with van der Waals surface area (Å²) in [7, 11) is 1.63. The first kappa shape index (κ1) is 16.8. The molecule has 1 fully saturated rings. The molecule has 3 N–H and O–H groups in total. The van der Waals surface area contributed by atoms with Crippen molar-refractivity contribution in [2.75, 3.05) is 24.8 Å². The average Bonchev–Trinajstić information content (AvgIpc) is 2.53. The van der Waals surface area contributed by atoms with Gasteiger partial charge in [0.05, 0.1) is 6.61 Å². The third kappa shape index (κ3) is 4.73. The smallest absolute Gasteiger partial charge is 0.242 e. The van der Waals surface area contributed by atoms with Crippen molar-refractivity contribution in [2.45, 2.75) is 64.5 Å². The summed E-state index contributed by atoms with van der Waals surface area (Å²) < 4.78 is 10.9. The minimum Gasteiger partial charge on any atom is -0.476 e. The molecule has 0 aromatic carbocycles. The van der Waals surface area contributed by atoms with Crippen molar-refractivity contribution < 1.29 is 9.47 Å². The number of unbranched alkanes of at least 4 members (excludes halogenated alkanes) is 1. The molecule has 0 amide bonds. The second-order valence-electron chi connectivity index (χ2n) is 5.82. The zero-order valence-corrected chi connectivity index (χ0v) is 13.7. The van der Waals surface area contributed by atoms with Gasteiger partial charge in [0.2, 0.25) is 5.88 Å². The molecule has 22 heavy (non-hydrogen) atoms. The summed E-state index contributed by atoms with van der Waals surface area (Å²) >= 11 is 0. The van der Waals surface area contributed by atoms with Crippen molar-refractivity contribution in [2.24, 2.45) is 0 Å². The molecule has 1 aromatic rings. The molecule has 1 heterocycles. The van der Waals surface area contributed by atoms with Crippen LogP contribution in [0.2, 0.25) is 0 Å². The number of aromatic nitrogens is 2. The lowest BCUT2D eigenvalue weighted by molar-refractivity contribution is 0.176.